The van der Waals surface area contributed by atoms with Gasteiger partial charge >= 0.3 is 6.09 Å². The van der Waals surface area contributed by atoms with Crippen LogP contribution in [0.4, 0.5) is 16.3 Å². The first kappa shape index (κ1) is 25.9. The summed E-state index contributed by atoms with van der Waals surface area (Å²) < 4.78 is 5.59. The smallest absolute Gasteiger partial charge is 0.410 e. The summed E-state index contributed by atoms with van der Waals surface area (Å²) in [5.41, 5.74) is 4.11. The number of carbonyl (C=O) groups excluding carboxylic acids is 1. The van der Waals surface area contributed by atoms with Crippen LogP contribution < -0.4 is 9.80 Å². The maximum atomic E-state index is 13.0. The molecule has 0 radical (unpaired) electrons. The molecule has 0 N–H and O–H groups in total. The van der Waals surface area contributed by atoms with Crippen molar-refractivity contribution in [3.05, 3.63) is 106 Å². The van der Waals surface area contributed by atoms with Crippen LogP contribution in [-0.4, -0.2) is 59.7 Å². The first-order valence-electron chi connectivity index (χ1n) is 13.4. The Bertz CT molecular complexity index is 1570. The second-order valence-electron chi connectivity index (χ2n) is 10.1. The summed E-state index contributed by atoms with van der Waals surface area (Å²) in [5, 5.41) is 2.63. The van der Waals surface area contributed by atoms with E-state index in [2.05, 4.69) is 67.1 Å². The number of ether oxygens (including phenoxy) is 1. The summed E-state index contributed by atoms with van der Waals surface area (Å²) in [7, 11) is 0. The third-order valence-corrected chi connectivity index (χ3v) is 7.82. The average molecular weight is 553 g/mol. The topological polar surface area (TPSA) is 66.2 Å². The highest BCUT2D eigenvalue weighted by Crippen LogP contribution is 2.34. The third kappa shape index (κ3) is 5.25. The molecule has 0 saturated carbocycles. The number of halogens is 1. The second kappa shape index (κ2) is 11.4. The lowest BCUT2D eigenvalue weighted by Gasteiger charge is -2.40. The quantitative estimate of drug-likeness (QED) is 0.237. The van der Waals surface area contributed by atoms with Crippen LogP contribution in [0.5, 0.6) is 0 Å². The highest BCUT2D eigenvalue weighted by Gasteiger charge is 2.36. The molecule has 8 nitrogen and oxygen atoms in total. The lowest BCUT2D eigenvalue weighted by Crippen LogP contribution is -2.57. The van der Waals surface area contributed by atoms with Crippen LogP contribution in [0.15, 0.2) is 72.8 Å². The summed E-state index contributed by atoms with van der Waals surface area (Å²) in [5.74, 6) is 0.805. The Morgan fingerprint density at radius 3 is 2.62 bits per heavy atom. The number of piperazine rings is 1. The van der Waals surface area contributed by atoms with Gasteiger partial charge in [0.25, 0.3) is 0 Å². The van der Waals surface area contributed by atoms with Gasteiger partial charge in [-0.1, -0.05) is 66.7 Å². The number of anilines is 2. The number of fused-ring (bicyclic) bond motifs is 2. The molecule has 40 heavy (non-hydrogen) atoms. The summed E-state index contributed by atoms with van der Waals surface area (Å²) >= 11 is 6.47. The monoisotopic (exact) mass is 552 g/mol. The van der Waals surface area contributed by atoms with Crippen molar-refractivity contribution in [1.82, 2.24) is 14.9 Å². The van der Waals surface area contributed by atoms with E-state index in [1.807, 2.05) is 30.3 Å². The van der Waals surface area contributed by atoms with Crippen LogP contribution in [0.2, 0.25) is 5.28 Å². The molecule has 1 saturated heterocycles. The van der Waals surface area contributed by atoms with Gasteiger partial charge in [0.05, 0.1) is 12.2 Å². The van der Waals surface area contributed by atoms with E-state index in [9.17, 15) is 4.79 Å². The van der Waals surface area contributed by atoms with Crippen molar-refractivity contribution < 1.29 is 9.53 Å². The first-order valence-corrected chi connectivity index (χ1v) is 13.8. The number of hydrogen-bond donors (Lipinski definition) is 0. The minimum absolute atomic E-state index is 0.187. The molecular formula is C31H29ClN6O2. The van der Waals surface area contributed by atoms with Gasteiger partial charge in [-0.2, -0.15) is 0 Å². The fourth-order valence-corrected chi connectivity index (χ4v) is 5.87. The van der Waals surface area contributed by atoms with Crippen molar-refractivity contribution in [2.45, 2.75) is 25.6 Å². The number of nitrogens with zero attached hydrogens (tertiary/aromatic N) is 6. The molecule has 4 aromatic rings. The van der Waals surface area contributed by atoms with E-state index in [1.165, 1.54) is 16.5 Å². The van der Waals surface area contributed by atoms with Gasteiger partial charge < -0.3 is 19.4 Å². The van der Waals surface area contributed by atoms with Crippen LogP contribution in [0.25, 0.3) is 15.6 Å². The minimum atomic E-state index is -0.398. The number of rotatable bonds is 5. The molecule has 0 aliphatic carbocycles. The van der Waals surface area contributed by atoms with Crippen molar-refractivity contribution >= 4 is 40.0 Å². The first-order chi connectivity index (χ1) is 19.6. The van der Waals surface area contributed by atoms with Crippen LogP contribution in [0.3, 0.4) is 0 Å². The molecule has 0 spiro atoms. The molecule has 2 aliphatic heterocycles. The Morgan fingerprint density at radius 1 is 0.975 bits per heavy atom. The van der Waals surface area contributed by atoms with Crippen molar-refractivity contribution in [2.75, 3.05) is 42.5 Å². The van der Waals surface area contributed by atoms with Crippen molar-refractivity contribution in [2.24, 2.45) is 0 Å². The van der Waals surface area contributed by atoms with Crippen molar-refractivity contribution in [3.63, 3.8) is 0 Å². The summed E-state index contributed by atoms with van der Waals surface area (Å²) in [6.07, 6.45) is 0.378. The van der Waals surface area contributed by atoms with E-state index in [0.29, 0.717) is 26.2 Å². The van der Waals surface area contributed by atoms with Gasteiger partial charge in [0.2, 0.25) is 11.8 Å². The highest BCUT2D eigenvalue weighted by atomic mass is 35.5. The summed E-state index contributed by atoms with van der Waals surface area (Å²) in [6.45, 7) is 10.8. The average Bonchev–Trinajstić information content (AvgIpc) is 2.99. The van der Waals surface area contributed by atoms with Gasteiger partial charge in [-0.3, -0.25) is 4.90 Å². The zero-order valence-corrected chi connectivity index (χ0v) is 22.8. The Labute approximate surface area is 238 Å². The maximum Gasteiger partial charge on any atom is 0.410 e. The van der Waals surface area contributed by atoms with Crippen LogP contribution in [-0.2, 0) is 24.3 Å². The number of amides is 1. The number of hydrogen-bond acceptors (Lipinski definition) is 6. The van der Waals surface area contributed by atoms with Gasteiger partial charge in [0.1, 0.15) is 18.5 Å². The fourth-order valence-electron chi connectivity index (χ4n) is 5.68. The van der Waals surface area contributed by atoms with E-state index in [0.717, 1.165) is 35.6 Å². The molecule has 6 rings (SSSR count). The fraction of sp³-hybridized carbons (Fsp3) is 0.290. The Hall–Kier alpha value is -4.35. The van der Waals surface area contributed by atoms with Gasteiger partial charge in [0, 0.05) is 42.8 Å². The van der Waals surface area contributed by atoms with E-state index in [-0.39, 0.29) is 24.5 Å². The third-order valence-electron chi connectivity index (χ3n) is 7.65. The molecule has 1 atom stereocenters. The van der Waals surface area contributed by atoms with Gasteiger partial charge in [0.15, 0.2) is 0 Å². The zero-order valence-electron chi connectivity index (χ0n) is 22.0. The summed E-state index contributed by atoms with van der Waals surface area (Å²) in [6, 6.07) is 24.1. The number of benzene rings is 3. The lowest BCUT2D eigenvalue weighted by molar-refractivity contribution is 0.0788. The number of carbonyl (C=O) groups is 1. The molecule has 202 valence electrons. The van der Waals surface area contributed by atoms with E-state index in [4.69, 9.17) is 22.9 Å². The Kier molecular flexibility index (Phi) is 7.39. The second-order valence-corrected chi connectivity index (χ2v) is 10.4. The Morgan fingerprint density at radius 2 is 1.77 bits per heavy atom. The molecule has 1 aromatic heterocycles. The molecule has 1 unspecified atom stereocenters. The van der Waals surface area contributed by atoms with Crippen LogP contribution >= 0.6 is 11.6 Å². The van der Waals surface area contributed by atoms with Gasteiger partial charge in [-0.05, 0) is 35.0 Å². The minimum Gasteiger partial charge on any atom is -0.445 e. The van der Waals surface area contributed by atoms with Crippen molar-refractivity contribution in [1.29, 1.82) is 0 Å². The SMILES string of the molecule is [C-]#[N+]CC1CN(c2nc(Cl)nc3c2CCN(c2cccc4ccccc24)C3)CCN1C(=O)OCc1ccccc1. The van der Waals surface area contributed by atoms with Crippen LogP contribution in [0.1, 0.15) is 16.8 Å². The number of aromatic nitrogens is 2. The van der Waals surface area contributed by atoms with E-state index < -0.39 is 6.09 Å². The zero-order chi connectivity index (χ0) is 27.5. The molecule has 1 amide bonds. The standard InChI is InChI=1S/C31H29ClN6O2/c1-33-18-24-19-37(16-17-38(24)31(39)40-21-22-8-3-2-4-9-22)29-26-14-15-36(20-27(26)34-30(32)35-29)28-13-7-11-23-10-5-6-12-25(23)28/h2-13,24H,14-21H2. The predicted molar refractivity (Wildman–Crippen MR) is 157 cm³/mol. The summed E-state index contributed by atoms with van der Waals surface area (Å²) in [4.78, 5) is 32.1. The molecule has 3 aromatic carbocycles. The molecule has 9 heteroatoms. The van der Waals surface area contributed by atoms with Crippen LogP contribution in [0, 0.1) is 6.57 Å². The van der Waals surface area contributed by atoms with E-state index in [1.54, 1.807) is 4.90 Å². The van der Waals surface area contributed by atoms with Gasteiger partial charge in [-0.25, -0.2) is 21.3 Å². The lowest BCUT2D eigenvalue weighted by atomic mass is 10.0. The predicted octanol–water partition coefficient (Wildman–Crippen LogP) is 5.59. The highest BCUT2D eigenvalue weighted by molar-refractivity contribution is 6.28. The Balaban J connectivity index is 1.20. The molecule has 0 bridgehead atoms. The molecule has 3 heterocycles. The maximum absolute atomic E-state index is 13.0. The molecular weight excluding hydrogens is 524 g/mol. The van der Waals surface area contributed by atoms with Gasteiger partial charge in [-0.15, -0.1) is 0 Å². The largest absolute Gasteiger partial charge is 0.445 e. The molecule has 2 aliphatic rings. The van der Waals surface area contributed by atoms with E-state index >= 15 is 0 Å². The molecule has 1 fully saturated rings. The normalized spacial score (nSPS) is 16.9. The van der Waals surface area contributed by atoms with Crippen molar-refractivity contribution in [3.8, 4) is 0 Å².